The molecule has 0 atom stereocenters. The van der Waals surface area contributed by atoms with E-state index in [0.29, 0.717) is 29.2 Å². The lowest BCUT2D eigenvalue weighted by Crippen LogP contribution is -2.02. The molecule has 126 valence electrons. The molecule has 0 fully saturated rings. The van der Waals surface area contributed by atoms with E-state index in [9.17, 15) is 15.0 Å². The first-order valence-electron chi connectivity index (χ1n) is 7.61. The van der Waals surface area contributed by atoms with Crippen LogP contribution in [-0.4, -0.2) is 29.9 Å². The van der Waals surface area contributed by atoms with Crippen molar-refractivity contribution in [1.82, 2.24) is 0 Å². The number of aliphatic carboxylic acids is 1. The Morgan fingerprint density at radius 3 is 2.46 bits per heavy atom. The molecule has 0 saturated carbocycles. The molecule has 5 nitrogen and oxygen atoms in total. The van der Waals surface area contributed by atoms with Crippen molar-refractivity contribution in [3.05, 3.63) is 53.6 Å². The quantitative estimate of drug-likeness (QED) is 0.597. The molecule has 0 aromatic heterocycles. The molecular weight excluding hydrogens is 308 g/mol. The second-order valence-corrected chi connectivity index (χ2v) is 5.14. The zero-order chi connectivity index (χ0) is 17.5. The molecule has 0 unspecified atom stereocenters. The van der Waals surface area contributed by atoms with E-state index in [-0.39, 0.29) is 11.3 Å². The molecule has 0 heterocycles. The van der Waals surface area contributed by atoms with Crippen LogP contribution in [0, 0.1) is 0 Å². The molecule has 0 saturated heterocycles. The van der Waals surface area contributed by atoms with Gasteiger partial charge in [0.25, 0.3) is 0 Å². The van der Waals surface area contributed by atoms with E-state index in [1.807, 2.05) is 6.92 Å². The van der Waals surface area contributed by atoms with E-state index in [1.165, 1.54) is 12.1 Å². The van der Waals surface area contributed by atoms with Gasteiger partial charge < -0.3 is 19.7 Å². The minimum Gasteiger partial charge on any atom is -0.508 e. The predicted octanol–water partition coefficient (Wildman–Crippen LogP) is 3.81. The van der Waals surface area contributed by atoms with Crippen LogP contribution in [0.1, 0.15) is 24.5 Å². The van der Waals surface area contributed by atoms with Crippen LogP contribution in [0.3, 0.4) is 0 Å². The number of benzene rings is 2. The van der Waals surface area contributed by atoms with Gasteiger partial charge in [-0.05, 0) is 36.3 Å². The Morgan fingerprint density at radius 1 is 1.17 bits per heavy atom. The lowest BCUT2D eigenvalue weighted by molar-refractivity contribution is -0.130. The first-order valence-corrected chi connectivity index (χ1v) is 7.61. The molecule has 2 N–H and O–H groups in total. The Bertz CT molecular complexity index is 732. The normalized spacial score (nSPS) is 11.2. The second kappa shape index (κ2) is 8.06. The smallest absolute Gasteiger partial charge is 0.336 e. The molecule has 2 aromatic carbocycles. The third kappa shape index (κ3) is 4.07. The van der Waals surface area contributed by atoms with Crippen LogP contribution in [0.4, 0.5) is 0 Å². The maximum atomic E-state index is 11.7. The van der Waals surface area contributed by atoms with Crippen LogP contribution in [0.5, 0.6) is 17.2 Å². The van der Waals surface area contributed by atoms with E-state index in [2.05, 4.69) is 0 Å². The zero-order valence-corrected chi connectivity index (χ0v) is 13.7. The van der Waals surface area contributed by atoms with Gasteiger partial charge in [-0.2, -0.15) is 0 Å². The largest absolute Gasteiger partial charge is 0.508 e. The van der Waals surface area contributed by atoms with Gasteiger partial charge in [0.1, 0.15) is 5.75 Å². The fraction of sp³-hybridized carbons (Fsp3) is 0.211. The summed E-state index contributed by atoms with van der Waals surface area (Å²) < 4.78 is 11.1. The van der Waals surface area contributed by atoms with E-state index in [1.54, 1.807) is 43.5 Å². The highest BCUT2D eigenvalue weighted by Crippen LogP contribution is 2.34. The third-order valence-electron chi connectivity index (χ3n) is 3.39. The Balaban J connectivity index is 2.53. The summed E-state index contributed by atoms with van der Waals surface area (Å²) in [6, 6.07) is 11.3. The Hall–Kier alpha value is -2.95. The average molecular weight is 328 g/mol. The highest BCUT2D eigenvalue weighted by molar-refractivity contribution is 6.20. The van der Waals surface area contributed by atoms with Crippen molar-refractivity contribution in [3.8, 4) is 17.2 Å². The van der Waals surface area contributed by atoms with Gasteiger partial charge in [0, 0.05) is 5.56 Å². The molecule has 0 amide bonds. The van der Waals surface area contributed by atoms with E-state index >= 15 is 0 Å². The van der Waals surface area contributed by atoms with Crippen LogP contribution < -0.4 is 9.47 Å². The molecular formula is C19H20O5. The highest BCUT2D eigenvalue weighted by Gasteiger charge is 2.14. The molecule has 0 spiro atoms. The minimum atomic E-state index is -1.06. The summed E-state index contributed by atoms with van der Waals surface area (Å²) >= 11 is 0. The number of ether oxygens (including phenoxy) is 2. The van der Waals surface area contributed by atoms with Crippen molar-refractivity contribution in [3.63, 3.8) is 0 Å². The Kier molecular flexibility index (Phi) is 5.84. The molecule has 2 aromatic rings. The van der Waals surface area contributed by atoms with Crippen molar-refractivity contribution >= 4 is 17.6 Å². The highest BCUT2D eigenvalue weighted by atomic mass is 16.5. The standard InChI is InChI=1S/C19H20O5/c1-3-11-24-18-14(5-4-6-17(18)23-2)12-16(19(21)22)13-7-9-15(20)10-8-13/h4-10,12,20H,3,11H2,1-2H3,(H,21,22)/b16-12-. The number of aromatic hydroxyl groups is 1. The van der Waals surface area contributed by atoms with E-state index in [0.717, 1.165) is 6.42 Å². The van der Waals surface area contributed by atoms with Gasteiger partial charge in [0.05, 0.1) is 19.3 Å². The lowest BCUT2D eigenvalue weighted by atomic mass is 10.0. The van der Waals surface area contributed by atoms with Crippen LogP contribution in [0.2, 0.25) is 0 Å². The zero-order valence-electron chi connectivity index (χ0n) is 13.7. The third-order valence-corrected chi connectivity index (χ3v) is 3.39. The van der Waals surface area contributed by atoms with Crippen molar-refractivity contribution in [2.24, 2.45) is 0 Å². The summed E-state index contributed by atoms with van der Waals surface area (Å²) in [5.41, 5.74) is 1.21. The van der Waals surface area contributed by atoms with E-state index < -0.39 is 5.97 Å². The molecule has 2 rings (SSSR count). The van der Waals surface area contributed by atoms with Crippen LogP contribution >= 0.6 is 0 Å². The van der Waals surface area contributed by atoms with Gasteiger partial charge in [-0.3, -0.25) is 0 Å². The first-order chi connectivity index (χ1) is 11.6. The number of carboxylic acid groups (broad SMARTS) is 1. The average Bonchev–Trinajstić information content (AvgIpc) is 2.58. The molecule has 5 heteroatoms. The first kappa shape index (κ1) is 17.4. The Morgan fingerprint density at radius 2 is 1.88 bits per heavy atom. The number of phenolic OH excluding ortho intramolecular Hbond substituents is 1. The molecule has 0 aliphatic heterocycles. The molecule has 0 aliphatic rings. The number of phenols is 1. The summed E-state index contributed by atoms with van der Waals surface area (Å²) in [6.45, 7) is 2.49. The fourth-order valence-corrected chi connectivity index (χ4v) is 2.23. The number of carbonyl (C=O) groups is 1. The van der Waals surface area contributed by atoms with Crippen molar-refractivity contribution in [1.29, 1.82) is 0 Å². The number of hydrogen-bond acceptors (Lipinski definition) is 4. The van der Waals surface area contributed by atoms with Crippen molar-refractivity contribution in [2.75, 3.05) is 13.7 Å². The Labute approximate surface area is 140 Å². The summed E-state index contributed by atoms with van der Waals surface area (Å²) in [5.74, 6) is 0.0776. The van der Waals surface area contributed by atoms with Crippen LogP contribution in [-0.2, 0) is 4.79 Å². The van der Waals surface area contributed by atoms with Crippen molar-refractivity contribution < 1.29 is 24.5 Å². The number of carboxylic acids is 1. The summed E-state index contributed by atoms with van der Waals surface area (Å²) in [5, 5.41) is 18.9. The minimum absolute atomic E-state index is 0.0804. The number of methoxy groups -OCH3 is 1. The summed E-state index contributed by atoms with van der Waals surface area (Å²) in [6.07, 6.45) is 2.37. The topological polar surface area (TPSA) is 76.0 Å². The molecule has 0 bridgehead atoms. The van der Waals surface area contributed by atoms with Crippen molar-refractivity contribution in [2.45, 2.75) is 13.3 Å². The summed E-state index contributed by atoms with van der Waals surface area (Å²) in [4.78, 5) is 11.7. The van der Waals surface area contributed by atoms with Crippen LogP contribution in [0.15, 0.2) is 42.5 Å². The number of hydrogen-bond donors (Lipinski definition) is 2. The lowest BCUT2D eigenvalue weighted by Gasteiger charge is -2.13. The second-order valence-electron chi connectivity index (χ2n) is 5.14. The van der Waals surface area contributed by atoms with Gasteiger partial charge in [0.2, 0.25) is 0 Å². The predicted molar refractivity (Wildman–Crippen MR) is 92.4 cm³/mol. The SMILES string of the molecule is CCCOc1c(/C=C(\C(=O)O)c2ccc(O)cc2)cccc1OC. The van der Waals surface area contributed by atoms with Gasteiger partial charge >= 0.3 is 5.97 Å². The molecule has 24 heavy (non-hydrogen) atoms. The maximum absolute atomic E-state index is 11.7. The fourth-order valence-electron chi connectivity index (χ4n) is 2.23. The monoisotopic (exact) mass is 328 g/mol. The number of para-hydroxylation sites is 1. The summed E-state index contributed by atoms with van der Waals surface area (Å²) in [7, 11) is 1.54. The van der Waals surface area contributed by atoms with Crippen LogP contribution in [0.25, 0.3) is 11.6 Å². The van der Waals surface area contributed by atoms with Gasteiger partial charge in [-0.1, -0.05) is 31.2 Å². The van der Waals surface area contributed by atoms with Gasteiger partial charge in [-0.25, -0.2) is 4.79 Å². The molecule has 0 radical (unpaired) electrons. The van der Waals surface area contributed by atoms with Gasteiger partial charge in [-0.15, -0.1) is 0 Å². The molecule has 0 aliphatic carbocycles. The maximum Gasteiger partial charge on any atom is 0.336 e. The van der Waals surface area contributed by atoms with E-state index in [4.69, 9.17) is 9.47 Å². The number of rotatable bonds is 7. The van der Waals surface area contributed by atoms with Gasteiger partial charge in [0.15, 0.2) is 11.5 Å².